The van der Waals surface area contributed by atoms with Crippen LogP contribution in [0.5, 0.6) is 0 Å². The summed E-state index contributed by atoms with van der Waals surface area (Å²) in [7, 11) is 1.47. The Morgan fingerprint density at radius 1 is 1.14 bits per heavy atom. The molecule has 0 atom stereocenters. The first-order valence-corrected chi connectivity index (χ1v) is 7.19. The van der Waals surface area contributed by atoms with Crippen molar-refractivity contribution in [3.05, 3.63) is 47.2 Å². The van der Waals surface area contributed by atoms with Crippen LogP contribution in [0.1, 0.15) is 26.3 Å². The SMILES string of the molecule is CCOC(=O)C(C)=C(C)N(Cc1ccccc1)C(=O)COC. The molecule has 0 saturated carbocycles. The number of nitrogens with zero attached hydrogens (tertiary/aromatic N) is 1. The molecule has 0 fully saturated rings. The molecule has 1 rings (SSSR count). The standard InChI is InChI=1S/C17H23NO4/c1-5-22-17(20)13(2)14(3)18(16(19)12-21-4)11-15-9-7-6-8-10-15/h6-10H,5,11-12H2,1-4H3. The number of ether oxygens (including phenoxy) is 2. The van der Waals surface area contributed by atoms with Gasteiger partial charge < -0.3 is 14.4 Å². The molecular formula is C17H23NO4. The summed E-state index contributed by atoms with van der Waals surface area (Å²) >= 11 is 0. The van der Waals surface area contributed by atoms with Crippen molar-refractivity contribution in [2.45, 2.75) is 27.3 Å². The van der Waals surface area contributed by atoms with Gasteiger partial charge in [0.05, 0.1) is 18.7 Å². The van der Waals surface area contributed by atoms with E-state index < -0.39 is 5.97 Å². The van der Waals surface area contributed by atoms with Gasteiger partial charge in [0.25, 0.3) is 5.91 Å². The number of methoxy groups -OCH3 is 1. The maximum absolute atomic E-state index is 12.3. The molecule has 1 aromatic rings. The summed E-state index contributed by atoms with van der Waals surface area (Å²) in [6.45, 7) is 5.78. The normalized spacial score (nSPS) is 11.6. The molecule has 22 heavy (non-hydrogen) atoms. The third-order valence-electron chi connectivity index (χ3n) is 3.28. The van der Waals surface area contributed by atoms with Gasteiger partial charge in [0, 0.05) is 12.8 Å². The molecule has 120 valence electrons. The quantitative estimate of drug-likeness (QED) is 0.574. The van der Waals surface area contributed by atoms with Crippen LogP contribution in [0.2, 0.25) is 0 Å². The molecule has 5 nitrogen and oxygen atoms in total. The molecule has 0 aromatic heterocycles. The lowest BCUT2D eigenvalue weighted by atomic mass is 10.1. The van der Waals surface area contributed by atoms with Crippen molar-refractivity contribution < 1.29 is 19.1 Å². The second kappa shape index (κ2) is 9.00. The van der Waals surface area contributed by atoms with Gasteiger partial charge in [-0.3, -0.25) is 4.79 Å². The highest BCUT2D eigenvalue weighted by Crippen LogP contribution is 2.16. The second-order valence-corrected chi connectivity index (χ2v) is 4.83. The van der Waals surface area contributed by atoms with Gasteiger partial charge in [0.1, 0.15) is 6.61 Å². The number of esters is 1. The van der Waals surface area contributed by atoms with Gasteiger partial charge >= 0.3 is 5.97 Å². The van der Waals surface area contributed by atoms with Gasteiger partial charge in [-0.2, -0.15) is 0 Å². The number of hydrogen-bond acceptors (Lipinski definition) is 4. The van der Waals surface area contributed by atoms with Crippen molar-refractivity contribution in [2.24, 2.45) is 0 Å². The van der Waals surface area contributed by atoms with E-state index in [1.807, 2.05) is 30.3 Å². The molecule has 0 N–H and O–H groups in total. The number of rotatable bonds is 7. The second-order valence-electron chi connectivity index (χ2n) is 4.83. The molecule has 0 aliphatic carbocycles. The molecule has 0 aliphatic rings. The number of allylic oxidation sites excluding steroid dienone is 1. The first kappa shape index (κ1) is 17.9. The Bertz CT molecular complexity index is 537. The molecule has 5 heteroatoms. The minimum Gasteiger partial charge on any atom is -0.463 e. The fourth-order valence-electron chi connectivity index (χ4n) is 1.95. The lowest BCUT2D eigenvalue weighted by molar-refractivity contribution is -0.138. The predicted octanol–water partition coefficient (Wildman–Crippen LogP) is 2.52. The molecule has 0 saturated heterocycles. The van der Waals surface area contributed by atoms with Crippen LogP contribution in [0.3, 0.4) is 0 Å². The van der Waals surface area contributed by atoms with Crippen LogP contribution in [0.15, 0.2) is 41.6 Å². The Labute approximate surface area is 131 Å². The average Bonchev–Trinajstić information content (AvgIpc) is 2.52. The van der Waals surface area contributed by atoms with Crippen molar-refractivity contribution in [1.29, 1.82) is 0 Å². The third-order valence-corrected chi connectivity index (χ3v) is 3.28. The zero-order valence-corrected chi connectivity index (χ0v) is 13.6. The zero-order valence-electron chi connectivity index (χ0n) is 13.6. The zero-order chi connectivity index (χ0) is 16.5. The first-order valence-electron chi connectivity index (χ1n) is 7.19. The van der Waals surface area contributed by atoms with Crippen LogP contribution >= 0.6 is 0 Å². The molecule has 0 aliphatic heterocycles. The number of benzene rings is 1. The number of amides is 1. The molecule has 1 aromatic carbocycles. The predicted molar refractivity (Wildman–Crippen MR) is 83.9 cm³/mol. The summed E-state index contributed by atoms with van der Waals surface area (Å²) in [5, 5.41) is 0. The summed E-state index contributed by atoms with van der Waals surface area (Å²) in [6.07, 6.45) is 0. The van der Waals surface area contributed by atoms with Gasteiger partial charge in [-0.25, -0.2) is 4.79 Å². The fraction of sp³-hybridized carbons (Fsp3) is 0.412. The van der Waals surface area contributed by atoms with E-state index in [1.165, 1.54) is 7.11 Å². The van der Waals surface area contributed by atoms with Crippen molar-refractivity contribution in [3.63, 3.8) is 0 Å². The minimum absolute atomic E-state index is 0.0414. The van der Waals surface area contributed by atoms with E-state index in [0.717, 1.165) is 5.56 Å². The lowest BCUT2D eigenvalue weighted by Gasteiger charge is -2.25. The maximum atomic E-state index is 12.3. The van der Waals surface area contributed by atoms with Crippen LogP contribution in [0, 0.1) is 0 Å². The van der Waals surface area contributed by atoms with E-state index in [0.29, 0.717) is 24.4 Å². The van der Waals surface area contributed by atoms with Crippen LogP contribution < -0.4 is 0 Å². The Morgan fingerprint density at radius 2 is 1.77 bits per heavy atom. The van der Waals surface area contributed by atoms with E-state index in [-0.39, 0.29) is 12.5 Å². The van der Waals surface area contributed by atoms with Gasteiger partial charge in [-0.1, -0.05) is 30.3 Å². The Hall–Kier alpha value is -2.14. The van der Waals surface area contributed by atoms with Crippen molar-refractivity contribution in [2.75, 3.05) is 20.3 Å². The van der Waals surface area contributed by atoms with E-state index in [2.05, 4.69) is 0 Å². The van der Waals surface area contributed by atoms with Crippen LogP contribution in [-0.2, 0) is 25.6 Å². The summed E-state index contributed by atoms with van der Waals surface area (Å²) in [5.74, 6) is -0.615. The average molecular weight is 305 g/mol. The van der Waals surface area contributed by atoms with Crippen LogP contribution in [0.4, 0.5) is 0 Å². The van der Waals surface area contributed by atoms with Gasteiger partial charge in [-0.15, -0.1) is 0 Å². The monoisotopic (exact) mass is 305 g/mol. The Morgan fingerprint density at radius 3 is 2.32 bits per heavy atom. The highest BCUT2D eigenvalue weighted by Gasteiger charge is 2.20. The number of carbonyl (C=O) groups excluding carboxylic acids is 2. The van der Waals surface area contributed by atoms with Crippen molar-refractivity contribution in [1.82, 2.24) is 4.90 Å². The summed E-state index contributed by atoms with van der Waals surface area (Å²) < 4.78 is 9.93. The maximum Gasteiger partial charge on any atom is 0.335 e. The smallest absolute Gasteiger partial charge is 0.335 e. The molecule has 0 spiro atoms. The summed E-state index contributed by atoms with van der Waals surface area (Å²) in [6, 6.07) is 9.59. The van der Waals surface area contributed by atoms with Crippen molar-refractivity contribution >= 4 is 11.9 Å². The van der Waals surface area contributed by atoms with Crippen LogP contribution in [-0.4, -0.2) is 37.1 Å². The highest BCUT2D eigenvalue weighted by molar-refractivity contribution is 5.90. The van der Waals surface area contributed by atoms with Gasteiger partial charge in [0.2, 0.25) is 0 Å². The van der Waals surface area contributed by atoms with Gasteiger partial charge in [-0.05, 0) is 26.3 Å². The van der Waals surface area contributed by atoms with Gasteiger partial charge in [0.15, 0.2) is 0 Å². The third kappa shape index (κ3) is 5.00. The minimum atomic E-state index is -0.414. The summed E-state index contributed by atoms with van der Waals surface area (Å²) in [5.41, 5.74) is 1.97. The molecule has 0 bridgehead atoms. The largest absolute Gasteiger partial charge is 0.463 e. The van der Waals surface area contributed by atoms with E-state index in [4.69, 9.17) is 9.47 Å². The molecule has 0 heterocycles. The fourth-order valence-corrected chi connectivity index (χ4v) is 1.95. The highest BCUT2D eigenvalue weighted by atomic mass is 16.5. The molecule has 0 unspecified atom stereocenters. The molecule has 0 radical (unpaired) electrons. The van der Waals surface area contributed by atoms with Crippen molar-refractivity contribution in [3.8, 4) is 0 Å². The Kier molecular flexibility index (Phi) is 7.32. The lowest BCUT2D eigenvalue weighted by Crippen LogP contribution is -2.33. The van der Waals surface area contributed by atoms with E-state index >= 15 is 0 Å². The topological polar surface area (TPSA) is 55.8 Å². The number of carbonyl (C=O) groups is 2. The van der Waals surface area contributed by atoms with E-state index in [9.17, 15) is 9.59 Å². The number of hydrogen-bond donors (Lipinski definition) is 0. The summed E-state index contributed by atoms with van der Waals surface area (Å²) in [4.78, 5) is 25.7. The Balaban J connectivity index is 3.06. The molecule has 1 amide bonds. The molecular weight excluding hydrogens is 282 g/mol. The van der Waals surface area contributed by atoms with Crippen LogP contribution in [0.25, 0.3) is 0 Å². The van der Waals surface area contributed by atoms with E-state index in [1.54, 1.807) is 25.7 Å². The first-order chi connectivity index (χ1) is 10.5.